The van der Waals surface area contributed by atoms with Crippen LogP contribution in [0.4, 0.5) is 5.69 Å². The van der Waals surface area contributed by atoms with Gasteiger partial charge in [0.25, 0.3) is 11.8 Å². The molecule has 0 spiro atoms. The minimum atomic E-state index is -1.23. The molecule has 4 aromatic rings. The van der Waals surface area contributed by atoms with E-state index in [-0.39, 0.29) is 0 Å². The van der Waals surface area contributed by atoms with Crippen LogP contribution >= 0.6 is 0 Å². The number of esters is 1. The van der Waals surface area contributed by atoms with Crippen molar-refractivity contribution in [3.8, 4) is 16.9 Å². The van der Waals surface area contributed by atoms with Crippen LogP contribution in [0, 0.1) is 6.92 Å². The molecule has 0 saturated heterocycles. The zero-order valence-electron chi connectivity index (χ0n) is 21.1. The molecule has 7 heteroatoms. The minimum Gasteiger partial charge on any atom is -0.495 e. The summed E-state index contributed by atoms with van der Waals surface area (Å²) in [5.74, 6) is -1.24. The van der Waals surface area contributed by atoms with Gasteiger partial charge in [-0.15, -0.1) is 0 Å². The van der Waals surface area contributed by atoms with Crippen molar-refractivity contribution in [2.45, 2.75) is 13.0 Å². The van der Waals surface area contributed by atoms with E-state index >= 15 is 0 Å². The Balaban J connectivity index is 1.41. The normalized spacial score (nSPS) is 11.2. The molecule has 2 amide bonds. The van der Waals surface area contributed by atoms with E-state index in [1.165, 1.54) is 7.11 Å². The maximum atomic E-state index is 13.2. The summed E-state index contributed by atoms with van der Waals surface area (Å²) in [7, 11) is 1.51. The van der Waals surface area contributed by atoms with Crippen LogP contribution in [0.25, 0.3) is 11.1 Å². The van der Waals surface area contributed by atoms with Crippen molar-refractivity contribution in [1.29, 1.82) is 0 Å². The van der Waals surface area contributed by atoms with Gasteiger partial charge in [0.1, 0.15) is 12.3 Å². The third-order valence-electron chi connectivity index (χ3n) is 5.85. The summed E-state index contributed by atoms with van der Waals surface area (Å²) < 4.78 is 10.9. The Morgan fingerprint density at radius 1 is 0.789 bits per heavy atom. The Labute approximate surface area is 221 Å². The van der Waals surface area contributed by atoms with Gasteiger partial charge in [-0.05, 0) is 47.9 Å². The lowest BCUT2D eigenvalue weighted by Crippen LogP contribution is -2.33. The van der Waals surface area contributed by atoms with Gasteiger partial charge in [-0.3, -0.25) is 14.4 Å². The molecule has 0 bridgehead atoms. The first-order valence-electron chi connectivity index (χ1n) is 12.1. The smallest absolute Gasteiger partial charge is 0.326 e. The second-order valence-electron chi connectivity index (χ2n) is 8.60. The first-order valence-corrected chi connectivity index (χ1v) is 12.1. The maximum absolute atomic E-state index is 13.2. The molecule has 7 nitrogen and oxygen atoms in total. The second-order valence-corrected chi connectivity index (χ2v) is 8.60. The van der Waals surface area contributed by atoms with Crippen molar-refractivity contribution in [3.05, 3.63) is 120 Å². The van der Waals surface area contributed by atoms with E-state index in [1.807, 2.05) is 55.5 Å². The van der Waals surface area contributed by atoms with Crippen LogP contribution in [0.3, 0.4) is 0 Å². The predicted octanol–water partition coefficient (Wildman–Crippen LogP) is 5.32. The van der Waals surface area contributed by atoms with Crippen molar-refractivity contribution in [3.63, 3.8) is 0 Å². The first-order chi connectivity index (χ1) is 18.4. The molecule has 4 rings (SSSR count). The fourth-order valence-corrected chi connectivity index (χ4v) is 3.89. The average Bonchev–Trinajstić information content (AvgIpc) is 2.95. The highest BCUT2D eigenvalue weighted by molar-refractivity contribution is 5.98. The Hall–Kier alpha value is -4.91. The van der Waals surface area contributed by atoms with Gasteiger partial charge >= 0.3 is 5.97 Å². The molecule has 192 valence electrons. The SMILES string of the molecule is COc1ccc(C)cc1NC(=O)[C@H](OC(=O)CNC(=O)c1ccc(-c2ccccc2)cc1)c1ccccc1. The van der Waals surface area contributed by atoms with E-state index in [0.29, 0.717) is 22.6 Å². The van der Waals surface area contributed by atoms with Gasteiger partial charge in [-0.2, -0.15) is 0 Å². The number of hydrogen-bond acceptors (Lipinski definition) is 5. The lowest BCUT2D eigenvalue weighted by atomic mass is 10.0. The second kappa shape index (κ2) is 12.4. The molecule has 0 aliphatic heterocycles. The van der Waals surface area contributed by atoms with Crippen LogP contribution in [-0.2, 0) is 14.3 Å². The van der Waals surface area contributed by atoms with Gasteiger partial charge in [-0.25, -0.2) is 0 Å². The van der Waals surface area contributed by atoms with E-state index in [4.69, 9.17) is 9.47 Å². The number of carbonyl (C=O) groups is 3. The van der Waals surface area contributed by atoms with Crippen LogP contribution < -0.4 is 15.4 Å². The Morgan fingerprint density at radius 2 is 1.42 bits per heavy atom. The van der Waals surface area contributed by atoms with Crippen molar-refractivity contribution < 1.29 is 23.9 Å². The maximum Gasteiger partial charge on any atom is 0.326 e. The van der Waals surface area contributed by atoms with Gasteiger partial charge < -0.3 is 20.1 Å². The fraction of sp³-hybridized carbons (Fsp3) is 0.129. The van der Waals surface area contributed by atoms with Crippen molar-refractivity contribution in [2.75, 3.05) is 19.0 Å². The lowest BCUT2D eigenvalue weighted by Gasteiger charge is -2.19. The third kappa shape index (κ3) is 6.64. The molecule has 1 atom stereocenters. The number of anilines is 1. The molecular weight excluding hydrogens is 480 g/mol. The highest BCUT2D eigenvalue weighted by Gasteiger charge is 2.26. The number of aryl methyl sites for hydroxylation is 1. The van der Waals surface area contributed by atoms with Crippen LogP contribution in [0.15, 0.2) is 103 Å². The van der Waals surface area contributed by atoms with Gasteiger partial charge in [-0.1, -0.05) is 78.9 Å². The molecule has 2 N–H and O–H groups in total. The lowest BCUT2D eigenvalue weighted by molar-refractivity contribution is -0.153. The number of amides is 2. The summed E-state index contributed by atoms with van der Waals surface area (Å²) in [6, 6.07) is 30.9. The summed E-state index contributed by atoms with van der Waals surface area (Å²) >= 11 is 0. The number of methoxy groups -OCH3 is 1. The monoisotopic (exact) mass is 508 g/mol. The number of carbonyl (C=O) groups excluding carboxylic acids is 3. The number of rotatable bonds is 9. The van der Waals surface area contributed by atoms with Crippen LogP contribution in [0.1, 0.15) is 27.6 Å². The Kier molecular flexibility index (Phi) is 8.51. The summed E-state index contributed by atoms with van der Waals surface area (Å²) in [6.45, 7) is 1.49. The minimum absolute atomic E-state index is 0.399. The molecule has 0 aliphatic carbocycles. The Bertz CT molecular complexity index is 1400. The van der Waals surface area contributed by atoms with Crippen molar-refractivity contribution >= 4 is 23.5 Å². The quantitative estimate of drug-likeness (QED) is 0.298. The van der Waals surface area contributed by atoms with E-state index in [0.717, 1.165) is 16.7 Å². The van der Waals surface area contributed by atoms with Gasteiger partial charge in [0.2, 0.25) is 6.10 Å². The van der Waals surface area contributed by atoms with E-state index in [9.17, 15) is 14.4 Å². The Morgan fingerprint density at radius 3 is 2.08 bits per heavy atom. The fourth-order valence-electron chi connectivity index (χ4n) is 3.89. The molecule has 0 unspecified atom stereocenters. The van der Waals surface area contributed by atoms with E-state index in [1.54, 1.807) is 54.6 Å². The highest BCUT2D eigenvalue weighted by Crippen LogP contribution is 2.28. The van der Waals surface area contributed by atoms with E-state index < -0.39 is 30.4 Å². The number of benzene rings is 4. The molecule has 0 aliphatic rings. The van der Waals surface area contributed by atoms with Gasteiger partial charge in [0.15, 0.2) is 0 Å². The number of nitrogens with one attached hydrogen (secondary N) is 2. The van der Waals surface area contributed by atoms with E-state index in [2.05, 4.69) is 10.6 Å². The molecule has 0 radical (unpaired) electrons. The summed E-state index contributed by atoms with van der Waals surface area (Å²) in [5, 5.41) is 5.35. The molecule has 38 heavy (non-hydrogen) atoms. The molecule has 0 saturated carbocycles. The summed E-state index contributed by atoms with van der Waals surface area (Å²) in [4.78, 5) is 38.5. The van der Waals surface area contributed by atoms with Crippen LogP contribution in [0.2, 0.25) is 0 Å². The van der Waals surface area contributed by atoms with Crippen molar-refractivity contribution in [1.82, 2.24) is 5.32 Å². The molecule has 4 aromatic carbocycles. The number of hydrogen-bond donors (Lipinski definition) is 2. The van der Waals surface area contributed by atoms with Crippen LogP contribution in [0.5, 0.6) is 5.75 Å². The molecule has 0 fully saturated rings. The van der Waals surface area contributed by atoms with Gasteiger partial charge in [0, 0.05) is 11.1 Å². The summed E-state index contributed by atoms with van der Waals surface area (Å²) in [5.41, 5.74) is 4.30. The van der Waals surface area contributed by atoms with Gasteiger partial charge in [0.05, 0.1) is 12.8 Å². The average molecular weight is 509 g/mol. The topological polar surface area (TPSA) is 93.7 Å². The van der Waals surface area contributed by atoms with Crippen LogP contribution in [-0.4, -0.2) is 31.4 Å². The molecule has 0 aromatic heterocycles. The molecule has 0 heterocycles. The number of ether oxygens (including phenoxy) is 2. The van der Waals surface area contributed by atoms with Crippen molar-refractivity contribution in [2.24, 2.45) is 0 Å². The molecular formula is C31H28N2O5. The zero-order chi connectivity index (χ0) is 26.9. The predicted molar refractivity (Wildman–Crippen MR) is 146 cm³/mol. The zero-order valence-corrected chi connectivity index (χ0v) is 21.1. The first kappa shape index (κ1) is 26.2. The summed E-state index contributed by atoms with van der Waals surface area (Å²) in [6.07, 6.45) is -1.23. The third-order valence-corrected chi connectivity index (χ3v) is 5.85. The largest absolute Gasteiger partial charge is 0.495 e. The highest BCUT2D eigenvalue weighted by atomic mass is 16.5. The standard InChI is InChI=1S/C31H28N2O5/c1-21-13-18-27(37-2)26(19-21)33-31(36)29(24-11-7-4-8-12-24)38-28(34)20-32-30(35)25-16-14-23(15-17-25)22-9-5-3-6-10-22/h3-19,29H,20H2,1-2H3,(H,32,35)(H,33,36)/t29-/m1/s1.